The molecule has 1 aliphatic heterocycles. The molecule has 27 heavy (non-hydrogen) atoms. The van der Waals surface area contributed by atoms with Gasteiger partial charge in [-0.1, -0.05) is 18.2 Å². The molecule has 0 atom stereocenters. The topological polar surface area (TPSA) is 59.1 Å². The average Bonchev–Trinajstić information content (AvgIpc) is 2.69. The van der Waals surface area contributed by atoms with Crippen LogP contribution in [0, 0.1) is 5.82 Å². The smallest absolute Gasteiger partial charge is 0.246 e. The number of rotatable bonds is 6. The first-order valence-electron chi connectivity index (χ1n) is 8.63. The molecule has 0 unspecified atom stereocenters. The van der Waals surface area contributed by atoms with Crippen molar-refractivity contribution >= 4 is 10.0 Å². The lowest BCUT2D eigenvalue weighted by Gasteiger charge is -2.34. The number of methoxy groups -OCH3 is 2. The van der Waals surface area contributed by atoms with Gasteiger partial charge in [0.15, 0.2) is 0 Å². The molecule has 3 rings (SSSR count). The predicted molar refractivity (Wildman–Crippen MR) is 100.0 cm³/mol. The Morgan fingerprint density at radius 2 is 1.70 bits per heavy atom. The summed E-state index contributed by atoms with van der Waals surface area (Å²) in [5.41, 5.74) is 0.614. The van der Waals surface area contributed by atoms with E-state index < -0.39 is 10.0 Å². The Hall–Kier alpha value is -2.16. The van der Waals surface area contributed by atoms with Gasteiger partial charge in [-0.2, -0.15) is 4.31 Å². The summed E-state index contributed by atoms with van der Waals surface area (Å²) in [6.07, 6.45) is 0. The number of nitrogens with zero attached hydrogens (tertiary/aromatic N) is 2. The molecule has 0 aromatic heterocycles. The largest absolute Gasteiger partial charge is 0.497 e. The van der Waals surface area contributed by atoms with Crippen molar-refractivity contribution in [2.24, 2.45) is 0 Å². The van der Waals surface area contributed by atoms with Crippen molar-refractivity contribution < 1.29 is 22.3 Å². The van der Waals surface area contributed by atoms with Gasteiger partial charge in [-0.15, -0.1) is 0 Å². The maximum Gasteiger partial charge on any atom is 0.246 e. The standard InChI is InChI=1S/C19H23FN2O4S/c1-25-16-7-8-18(26-2)19(13-16)27(23,24)22-11-9-21(10-12-22)14-15-5-3-4-6-17(15)20/h3-8,13H,9-12,14H2,1-2H3. The van der Waals surface area contributed by atoms with Gasteiger partial charge in [0.25, 0.3) is 0 Å². The number of hydrogen-bond acceptors (Lipinski definition) is 5. The van der Waals surface area contributed by atoms with Gasteiger partial charge in [0.1, 0.15) is 22.2 Å². The second-order valence-corrected chi connectivity index (χ2v) is 8.19. The van der Waals surface area contributed by atoms with E-state index >= 15 is 0 Å². The van der Waals surface area contributed by atoms with Crippen molar-refractivity contribution in [3.05, 3.63) is 53.8 Å². The van der Waals surface area contributed by atoms with Crippen LogP contribution in [0.1, 0.15) is 5.56 Å². The second-order valence-electron chi connectivity index (χ2n) is 6.29. The fourth-order valence-corrected chi connectivity index (χ4v) is 4.71. The maximum absolute atomic E-state index is 13.8. The van der Waals surface area contributed by atoms with Crippen LogP contribution >= 0.6 is 0 Å². The van der Waals surface area contributed by atoms with Crippen LogP contribution in [0.5, 0.6) is 11.5 Å². The molecule has 0 radical (unpaired) electrons. The monoisotopic (exact) mass is 394 g/mol. The van der Waals surface area contributed by atoms with Gasteiger partial charge >= 0.3 is 0 Å². The summed E-state index contributed by atoms with van der Waals surface area (Å²) in [6, 6.07) is 11.4. The number of halogens is 1. The first kappa shape index (κ1) is 19.6. The summed E-state index contributed by atoms with van der Waals surface area (Å²) in [6.45, 7) is 2.18. The third-order valence-corrected chi connectivity index (χ3v) is 6.59. The Balaban J connectivity index is 1.73. The first-order valence-corrected chi connectivity index (χ1v) is 10.1. The normalized spacial score (nSPS) is 16.3. The molecule has 2 aromatic carbocycles. The van der Waals surface area contributed by atoms with Gasteiger partial charge in [-0.05, 0) is 18.2 Å². The van der Waals surface area contributed by atoms with Crippen LogP contribution in [-0.2, 0) is 16.6 Å². The number of hydrogen-bond donors (Lipinski definition) is 0. The summed E-state index contributed by atoms with van der Waals surface area (Å²) >= 11 is 0. The van der Waals surface area contributed by atoms with Crippen LogP contribution in [0.3, 0.4) is 0 Å². The third-order valence-electron chi connectivity index (χ3n) is 4.67. The molecule has 0 bridgehead atoms. The zero-order chi connectivity index (χ0) is 19.4. The average molecular weight is 394 g/mol. The van der Waals surface area contributed by atoms with Crippen LogP contribution in [0.4, 0.5) is 4.39 Å². The van der Waals surface area contributed by atoms with Gasteiger partial charge in [0.2, 0.25) is 10.0 Å². The van der Waals surface area contributed by atoms with Crippen molar-refractivity contribution in [1.29, 1.82) is 0 Å². The van der Waals surface area contributed by atoms with E-state index in [-0.39, 0.29) is 16.5 Å². The molecule has 1 saturated heterocycles. The van der Waals surface area contributed by atoms with E-state index in [2.05, 4.69) is 0 Å². The summed E-state index contributed by atoms with van der Waals surface area (Å²) in [5, 5.41) is 0. The number of sulfonamides is 1. The van der Waals surface area contributed by atoms with Crippen molar-refractivity contribution in [3.8, 4) is 11.5 Å². The Kier molecular flexibility index (Phi) is 5.98. The predicted octanol–water partition coefficient (Wildman–Crippen LogP) is 2.35. The Morgan fingerprint density at radius 3 is 2.33 bits per heavy atom. The van der Waals surface area contributed by atoms with Crippen molar-refractivity contribution in [3.63, 3.8) is 0 Å². The minimum absolute atomic E-state index is 0.0897. The highest BCUT2D eigenvalue weighted by Crippen LogP contribution is 2.31. The molecule has 1 fully saturated rings. The van der Waals surface area contributed by atoms with Gasteiger partial charge < -0.3 is 9.47 Å². The summed E-state index contributed by atoms with van der Waals surface area (Å²) < 4.78 is 51.8. The fourth-order valence-electron chi connectivity index (χ4n) is 3.12. The summed E-state index contributed by atoms with van der Waals surface area (Å²) in [4.78, 5) is 2.14. The van der Waals surface area contributed by atoms with E-state index in [9.17, 15) is 12.8 Å². The van der Waals surface area contributed by atoms with Crippen LogP contribution < -0.4 is 9.47 Å². The van der Waals surface area contributed by atoms with E-state index in [1.165, 1.54) is 30.7 Å². The lowest BCUT2D eigenvalue weighted by Crippen LogP contribution is -2.48. The molecule has 0 saturated carbocycles. The molecule has 8 heteroatoms. The first-order chi connectivity index (χ1) is 13.0. The van der Waals surface area contributed by atoms with Gasteiger partial charge in [0.05, 0.1) is 14.2 Å². The summed E-state index contributed by atoms with van der Waals surface area (Å²) in [5.74, 6) is 0.491. The van der Waals surface area contributed by atoms with Crippen LogP contribution in [0.2, 0.25) is 0 Å². The second kappa shape index (κ2) is 8.24. The van der Waals surface area contributed by atoms with E-state index in [0.717, 1.165) is 0 Å². The van der Waals surface area contributed by atoms with Gasteiger partial charge in [-0.3, -0.25) is 4.90 Å². The maximum atomic E-state index is 13.8. The molecule has 1 heterocycles. The number of ether oxygens (including phenoxy) is 2. The van der Waals surface area contributed by atoms with Crippen LogP contribution in [0.25, 0.3) is 0 Å². The van der Waals surface area contributed by atoms with Crippen molar-refractivity contribution in [2.75, 3.05) is 40.4 Å². The Bertz CT molecular complexity index is 896. The highest BCUT2D eigenvalue weighted by molar-refractivity contribution is 7.89. The van der Waals surface area contributed by atoms with E-state index in [1.54, 1.807) is 30.3 Å². The zero-order valence-corrected chi connectivity index (χ0v) is 16.2. The Labute approximate surface area is 159 Å². The number of benzene rings is 2. The highest BCUT2D eigenvalue weighted by atomic mass is 32.2. The third kappa shape index (κ3) is 4.23. The number of piperazine rings is 1. The lowest BCUT2D eigenvalue weighted by molar-refractivity contribution is 0.179. The molecule has 146 valence electrons. The van der Waals surface area contributed by atoms with Gasteiger partial charge in [0, 0.05) is 44.4 Å². The van der Waals surface area contributed by atoms with E-state index in [1.807, 2.05) is 4.90 Å². The molecule has 1 aliphatic rings. The van der Waals surface area contributed by atoms with Crippen LogP contribution in [0.15, 0.2) is 47.4 Å². The molecule has 2 aromatic rings. The van der Waals surface area contributed by atoms with Gasteiger partial charge in [-0.25, -0.2) is 12.8 Å². The highest BCUT2D eigenvalue weighted by Gasteiger charge is 2.31. The lowest BCUT2D eigenvalue weighted by atomic mass is 10.2. The quantitative estimate of drug-likeness (QED) is 0.753. The molecule has 0 amide bonds. The molecular weight excluding hydrogens is 371 g/mol. The minimum Gasteiger partial charge on any atom is -0.497 e. The molecule has 0 N–H and O–H groups in total. The van der Waals surface area contributed by atoms with Crippen molar-refractivity contribution in [1.82, 2.24) is 9.21 Å². The summed E-state index contributed by atoms with van der Waals surface area (Å²) in [7, 11) is -0.791. The zero-order valence-electron chi connectivity index (χ0n) is 15.4. The van der Waals surface area contributed by atoms with Crippen molar-refractivity contribution in [2.45, 2.75) is 11.4 Å². The minimum atomic E-state index is -3.71. The molecule has 0 aliphatic carbocycles. The Morgan fingerprint density at radius 1 is 1.00 bits per heavy atom. The molecule has 0 spiro atoms. The van der Waals surface area contributed by atoms with Crippen LogP contribution in [-0.4, -0.2) is 58.0 Å². The molecule has 6 nitrogen and oxygen atoms in total. The van der Waals surface area contributed by atoms with E-state index in [4.69, 9.17) is 9.47 Å². The van der Waals surface area contributed by atoms with E-state index in [0.29, 0.717) is 44.0 Å². The fraction of sp³-hybridized carbons (Fsp3) is 0.368. The SMILES string of the molecule is COc1ccc(OC)c(S(=O)(=O)N2CCN(Cc3ccccc3F)CC2)c1. The molecular formula is C19H23FN2O4S.